The minimum absolute atomic E-state index is 0.0349. The van der Waals surface area contributed by atoms with Crippen LogP contribution in [0.5, 0.6) is 5.75 Å². The summed E-state index contributed by atoms with van der Waals surface area (Å²) >= 11 is 1.17. The molecule has 0 spiro atoms. The summed E-state index contributed by atoms with van der Waals surface area (Å²) in [6, 6.07) is 6.50. The Morgan fingerprint density at radius 3 is 2.54 bits per heavy atom. The summed E-state index contributed by atoms with van der Waals surface area (Å²) < 4.78 is 15.3. The van der Waals surface area contributed by atoms with E-state index in [9.17, 15) is 14.4 Å². The van der Waals surface area contributed by atoms with Crippen molar-refractivity contribution in [2.24, 2.45) is 0 Å². The fourth-order valence-electron chi connectivity index (χ4n) is 2.08. The first-order chi connectivity index (χ1) is 13.5. The SMILES string of the molecule is CCCOc1ccc(C(=O)OCC(=O)Nc2nc(CC(=O)OCC)cs2)cc1. The lowest BCUT2D eigenvalue weighted by atomic mass is 10.2. The Bertz CT molecular complexity index is 803. The van der Waals surface area contributed by atoms with E-state index in [2.05, 4.69) is 10.3 Å². The predicted octanol–water partition coefficient (Wildman–Crippen LogP) is 2.83. The standard InChI is InChI=1S/C19H22N2O6S/c1-3-9-26-15-7-5-13(6-8-15)18(24)27-11-16(22)21-19-20-14(12-28-19)10-17(23)25-4-2/h5-8,12H,3-4,9-11H2,1-2H3,(H,20,21,22). The minimum atomic E-state index is -0.612. The van der Waals surface area contributed by atoms with Crippen LogP contribution in [0.15, 0.2) is 29.6 Å². The Morgan fingerprint density at radius 1 is 1.11 bits per heavy atom. The normalized spacial score (nSPS) is 10.2. The highest BCUT2D eigenvalue weighted by molar-refractivity contribution is 7.13. The van der Waals surface area contributed by atoms with E-state index in [0.717, 1.165) is 6.42 Å². The number of ether oxygens (including phenoxy) is 3. The van der Waals surface area contributed by atoms with Gasteiger partial charge in [-0.25, -0.2) is 9.78 Å². The number of aromatic nitrogens is 1. The second-order valence-corrected chi connectivity index (χ2v) is 6.48. The Kier molecular flexibility index (Phi) is 8.41. The molecular weight excluding hydrogens is 384 g/mol. The summed E-state index contributed by atoms with van der Waals surface area (Å²) in [6.07, 6.45) is 0.926. The lowest BCUT2D eigenvalue weighted by Crippen LogP contribution is -2.21. The molecular formula is C19H22N2O6S. The van der Waals surface area contributed by atoms with Crippen LogP contribution in [0.25, 0.3) is 0 Å². The Morgan fingerprint density at radius 2 is 1.86 bits per heavy atom. The van der Waals surface area contributed by atoms with E-state index in [1.54, 1.807) is 36.6 Å². The number of carbonyl (C=O) groups is 3. The average Bonchev–Trinajstić information content (AvgIpc) is 3.11. The third-order valence-corrected chi connectivity index (χ3v) is 4.13. The molecule has 0 radical (unpaired) electrons. The predicted molar refractivity (Wildman–Crippen MR) is 104 cm³/mol. The molecule has 9 heteroatoms. The van der Waals surface area contributed by atoms with Gasteiger partial charge in [-0.2, -0.15) is 0 Å². The largest absolute Gasteiger partial charge is 0.494 e. The van der Waals surface area contributed by atoms with Crippen molar-refractivity contribution in [1.29, 1.82) is 0 Å². The molecule has 0 saturated heterocycles. The average molecular weight is 406 g/mol. The first-order valence-electron chi connectivity index (χ1n) is 8.81. The van der Waals surface area contributed by atoms with Crippen LogP contribution in [-0.2, 0) is 25.5 Å². The lowest BCUT2D eigenvalue weighted by Gasteiger charge is -2.07. The molecule has 0 aliphatic rings. The van der Waals surface area contributed by atoms with Crippen LogP contribution >= 0.6 is 11.3 Å². The van der Waals surface area contributed by atoms with Gasteiger partial charge in [-0.3, -0.25) is 14.9 Å². The van der Waals surface area contributed by atoms with Gasteiger partial charge in [-0.05, 0) is 37.6 Å². The van der Waals surface area contributed by atoms with Crippen LogP contribution in [0.1, 0.15) is 36.3 Å². The molecule has 2 aromatic rings. The van der Waals surface area contributed by atoms with E-state index in [1.807, 2.05) is 6.92 Å². The molecule has 0 saturated carbocycles. The monoisotopic (exact) mass is 406 g/mol. The molecule has 0 bridgehead atoms. The number of carbonyl (C=O) groups excluding carboxylic acids is 3. The van der Waals surface area contributed by atoms with Gasteiger partial charge in [0.1, 0.15) is 5.75 Å². The fraction of sp³-hybridized carbons (Fsp3) is 0.368. The smallest absolute Gasteiger partial charge is 0.338 e. The molecule has 0 aliphatic carbocycles. The van der Waals surface area contributed by atoms with Crippen LogP contribution in [0.4, 0.5) is 5.13 Å². The van der Waals surface area contributed by atoms with Gasteiger partial charge in [0.25, 0.3) is 5.91 Å². The first-order valence-corrected chi connectivity index (χ1v) is 9.69. The van der Waals surface area contributed by atoms with E-state index < -0.39 is 18.5 Å². The zero-order chi connectivity index (χ0) is 20.4. The number of hydrogen-bond donors (Lipinski definition) is 1. The third-order valence-electron chi connectivity index (χ3n) is 3.33. The Balaban J connectivity index is 1.78. The maximum absolute atomic E-state index is 12.0. The van der Waals surface area contributed by atoms with Crippen molar-refractivity contribution in [3.05, 3.63) is 40.9 Å². The van der Waals surface area contributed by atoms with Crippen molar-refractivity contribution in [2.45, 2.75) is 26.7 Å². The van der Waals surface area contributed by atoms with E-state index >= 15 is 0 Å². The van der Waals surface area contributed by atoms with Gasteiger partial charge < -0.3 is 14.2 Å². The molecule has 1 N–H and O–H groups in total. The minimum Gasteiger partial charge on any atom is -0.494 e. The summed E-state index contributed by atoms with van der Waals surface area (Å²) in [4.78, 5) is 39.5. The van der Waals surface area contributed by atoms with Crippen molar-refractivity contribution in [2.75, 3.05) is 25.1 Å². The molecule has 0 aliphatic heterocycles. The second-order valence-electron chi connectivity index (χ2n) is 5.62. The van der Waals surface area contributed by atoms with Crippen LogP contribution < -0.4 is 10.1 Å². The maximum Gasteiger partial charge on any atom is 0.338 e. The van der Waals surface area contributed by atoms with E-state index in [-0.39, 0.29) is 12.4 Å². The van der Waals surface area contributed by atoms with Gasteiger partial charge >= 0.3 is 11.9 Å². The van der Waals surface area contributed by atoms with E-state index in [0.29, 0.717) is 35.4 Å². The molecule has 28 heavy (non-hydrogen) atoms. The van der Waals surface area contributed by atoms with Gasteiger partial charge in [0.15, 0.2) is 11.7 Å². The fourth-order valence-corrected chi connectivity index (χ4v) is 2.81. The molecule has 8 nitrogen and oxygen atoms in total. The van der Waals surface area contributed by atoms with E-state index in [1.165, 1.54) is 11.3 Å². The number of nitrogens with zero attached hydrogens (tertiary/aromatic N) is 1. The molecule has 1 aromatic carbocycles. The third kappa shape index (κ3) is 6.99. The molecule has 0 unspecified atom stereocenters. The Labute approximate surface area is 166 Å². The molecule has 1 heterocycles. The molecule has 2 rings (SSSR count). The molecule has 0 fully saturated rings. The van der Waals surface area contributed by atoms with Crippen molar-refractivity contribution < 1.29 is 28.6 Å². The lowest BCUT2D eigenvalue weighted by molar-refractivity contribution is -0.142. The molecule has 150 valence electrons. The highest BCUT2D eigenvalue weighted by Crippen LogP contribution is 2.16. The molecule has 1 aromatic heterocycles. The van der Waals surface area contributed by atoms with Crippen LogP contribution in [0.3, 0.4) is 0 Å². The number of anilines is 1. The van der Waals surface area contributed by atoms with Crippen LogP contribution in [0.2, 0.25) is 0 Å². The van der Waals surface area contributed by atoms with Gasteiger partial charge in [0.05, 0.1) is 30.9 Å². The topological polar surface area (TPSA) is 104 Å². The van der Waals surface area contributed by atoms with Crippen LogP contribution in [-0.4, -0.2) is 42.7 Å². The summed E-state index contributed by atoms with van der Waals surface area (Å²) in [6.45, 7) is 4.18. The van der Waals surface area contributed by atoms with Crippen molar-refractivity contribution in [3.8, 4) is 5.75 Å². The number of rotatable bonds is 10. The zero-order valence-electron chi connectivity index (χ0n) is 15.7. The Hall–Kier alpha value is -2.94. The van der Waals surface area contributed by atoms with E-state index in [4.69, 9.17) is 14.2 Å². The van der Waals surface area contributed by atoms with Crippen molar-refractivity contribution in [3.63, 3.8) is 0 Å². The number of thiazole rings is 1. The maximum atomic E-state index is 12.0. The van der Waals surface area contributed by atoms with Gasteiger partial charge in [0.2, 0.25) is 0 Å². The van der Waals surface area contributed by atoms with Gasteiger partial charge in [0, 0.05) is 5.38 Å². The number of amides is 1. The number of hydrogen-bond acceptors (Lipinski definition) is 8. The van der Waals surface area contributed by atoms with Crippen molar-refractivity contribution >= 4 is 34.3 Å². The first kappa shape index (κ1) is 21.4. The summed E-state index contributed by atoms with van der Waals surface area (Å²) in [7, 11) is 0. The highest BCUT2D eigenvalue weighted by atomic mass is 32.1. The highest BCUT2D eigenvalue weighted by Gasteiger charge is 2.13. The van der Waals surface area contributed by atoms with Crippen molar-refractivity contribution in [1.82, 2.24) is 4.98 Å². The summed E-state index contributed by atoms with van der Waals surface area (Å²) in [5.74, 6) is -0.850. The number of esters is 2. The summed E-state index contributed by atoms with van der Waals surface area (Å²) in [5, 5.41) is 4.50. The molecule has 1 amide bonds. The quantitative estimate of drug-likeness (QED) is 0.605. The molecule has 0 atom stereocenters. The van der Waals surface area contributed by atoms with Gasteiger partial charge in [-0.15, -0.1) is 11.3 Å². The second kappa shape index (κ2) is 11.0. The number of benzene rings is 1. The number of nitrogens with one attached hydrogen (secondary N) is 1. The zero-order valence-corrected chi connectivity index (χ0v) is 16.5. The summed E-state index contributed by atoms with van der Waals surface area (Å²) in [5.41, 5.74) is 0.823. The van der Waals surface area contributed by atoms with Crippen LogP contribution in [0, 0.1) is 0 Å². The van der Waals surface area contributed by atoms with Gasteiger partial charge in [-0.1, -0.05) is 6.92 Å².